The minimum Gasteiger partial charge on any atom is -0.466 e. The number of alkyl halides is 1. The van der Waals surface area contributed by atoms with Crippen LogP contribution in [0.1, 0.15) is 32.6 Å². The van der Waals surface area contributed by atoms with Crippen molar-refractivity contribution in [3.8, 4) is 0 Å². The van der Waals surface area contributed by atoms with Gasteiger partial charge in [0.25, 0.3) is 5.06 Å². The molecule has 2 fully saturated rings. The second-order valence-corrected chi connectivity index (χ2v) is 4.81. The van der Waals surface area contributed by atoms with E-state index < -0.39 is 16.6 Å². The third-order valence-corrected chi connectivity index (χ3v) is 4.14. The molecule has 1 heterocycles. The van der Waals surface area contributed by atoms with Gasteiger partial charge in [0.2, 0.25) is 0 Å². The lowest BCUT2D eigenvalue weighted by Gasteiger charge is -2.15. The highest BCUT2D eigenvalue weighted by Gasteiger charge is 2.75. The fourth-order valence-electron chi connectivity index (χ4n) is 2.46. The molecule has 0 spiro atoms. The van der Waals surface area contributed by atoms with Crippen LogP contribution in [0.5, 0.6) is 0 Å². The molecular weight excluding hydrogens is 204 g/mol. The number of halogens is 1. The number of hydrogen-bond acceptors (Lipinski definition) is 3. The predicted molar refractivity (Wildman–Crippen MR) is 52.0 cm³/mol. The predicted octanol–water partition coefficient (Wildman–Crippen LogP) is 2.07. The second-order valence-electron chi connectivity index (χ2n) is 4.28. The van der Waals surface area contributed by atoms with Crippen LogP contribution in [0, 0.1) is 5.92 Å². The van der Waals surface area contributed by atoms with Gasteiger partial charge in [-0.2, -0.15) is 0 Å². The lowest BCUT2D eigenvalue weighted by atomic mass is 9.89. The summed E-state index contributed by atoms with van der Waals surface area (Å²) < 4.78 is 10.1. The molecule has 0 aromatic carbocycles. The highest BCUT2D eigenvalue weighted by Crippen LogP contribution is 2.59. The molecule has 80 valence electrons. The highest BCUT2D eigenvalue weighted by atomic mass is 35.5. The van der Waals surface area contributed by atoms with Gasteiger partial charge in [0.05, 0.1) is 7.11 Å². The van der Waals surface area contributed by atoms with E-state index in [1.165, 1.54) is 20.0 Å². The quantitative estimate of drug-likeness (QED) is 0.405. The molecule has 2 rings (SSSR count). The lowest BCUT2D eigenvalue weighted by Crippen LogP contribution is -2.32. The Hall–Kier alpha value is -0.280. The minimum absolute atomic E-state index is 0.402. The Morgan fingerprint density at radius 1 is 1.50 bits per heavy atom. The molecule has 2 atom stereocenters. The molecule has 0 aromatic rings. The molecule has 1 aliphatic heterocycles. The number of carbonyl (C=O) groups excluding carboxylic acids is 1. The molecule has 2 unspecified atom stereocenters. The van der Waals surface area contributed by atoms with Crippen molar-refractivity contribution >= 4 is 17.6 Å². The average Bonchev–Trinajstić information content (AvgIpc) is 2.62. The van der Waals surface area contributed by atoms with Crippen molar-refractivity contribution in [3.63, 3.8) is 0 Å². The van der Waals surface area contributed by atoms with Crippen LogP contribution in [-0.2, 0) is 14.3 Å². The van der Waals surface area contributed by atoms with Crippen LogP contribution >= 0.6 is 11.6 Å². The fourth-order valence-corrected chi connectivity index (χ4v) is 2.86. The lowest BCUT2D eigenvalue weighted by molar-refractivity contribution is -0.143. The van der Waals surface area contributed by atoms with Gasteiger partial charge in [-0.15, -0.1) is 0 Å². The normalized spacial score (nSPS) is 42.5. The van der Waals surface area contributed by atoms with Crippen LogP contribution in [0.15, 0.2) is 0 Å². The molecule has 1 aliphatic carbocycles. The minimum atomic E-state index is -1.21. The van der Waals surface area contributed by atoms with Gasteiger partial charge in [-0.3, -0.25) is 0 Å². The summed E-state index contributed by atoms with van der Waals surface area (Å²) in [6, 6.07) is 0. The van der Waals surface area contributed by atoms with Crippen LogP contribution in [0.2, 0.25) is 0 Å². The standard InChI is InChI=1S/C10H15ClO3/c1-9(7-5-3-4-6-7)10(11,14-9)8(12)13-2/h7H,3-6H2,1-2H3. The summed E-state index contributed by atoms with van der Waals surface area (Å²) in [5, 5.41) is -1.21. The summed E-state index contributed by atoms with van der Waals surface area (Å²) in [6.07, 6.45) is 4.61. The Balaban J connectivity index is 2.10. The van der Waals surface area contributed by atoms with E-state index >= 15 is 0 Å². The zero-order valence-corrected chi connectivity index (χ0v) is 9.26. The van der Waals surface area contributed by atoms with Crippen molar-refractivity contribution in [2.75, 3.05) is 7.11 Å². The number of esters is 1. The van der Waals surface area contributed by atoms with Crippen LogP contribution in [0.3, 0.4) is 0 Å². The molecular formula is C10H15ClO3. The van der Waals surface area contributed by atoms with Gasteiger partial charge in [0.1, 0.15) is 5.60 Å². The van der Waals surface area contributed by atoms with Crippen molar-refractivity contribution in [3.05, 3.63) is 0 Å². The molecule has 0 bridgehead atoms. The summed E-state index contributed by atoms with van der Waals surface area (Å²) in [7, 11) is 1.34. The van der Waals surface area contributed by atoms with E-state index in [1.807, 2.05) is 6.92 Å². The van der Waals surface area contributed by atoms with Gasteiger partial charge in [-0.25, -0.2) is 4.79 Å². The molecule has 0 N–H and O–H groups in total. The Morgan fingerprint density at radius 3 is 2.57 bits per heavy atom. The monoisotopic (exact) mass is 218 g/mol. The Kier molecular flexibility index (Phi) is 2.27. The van der Waals surface area contributed by atoms with Crippen LogP contribution < -0.4 is 0 Å². The molecule has 14 heavy (non-hydrogen) atoms. The second kappa shape index (κ2) is 3.11. The third-order valence-electron chi connectivity index (χ3n) is 3.53. The first kappa shape index (κ1) is 10.2. The molecule has 4 heteroatoms. The Bertz CT molecular complexity index is 262. The summed E-state index contributed by atoms with van der Waals surface area (Å²) >= 11 is 6.09. The fraction of sp³-hybridized carbons (Fsp3) is 0.900. The van der Waals surface area contributed by atoms with E-state index in [1.54, 1.807) is 0 Å². The van der Waals surface area contributed by atoms with E-state index in [4.69, 9.17) is 16.3 Å². The Labute approximate surface area is 88.7 Å². The van der Waals surface area contributed by atoms with Gasteiger partial charge in [0, 0.05) is 0 Å². The zero-order valence-electron chi connectivity index (χ0n) is 8.51. The van der Waals surface area contributed by atoms with Gasteiger partial charge < -0.3 is 9.47 Å². The summed E-state index contributed by atoms with van der Waals surface area (Å²) in [5.74, 6) is -0.0623. The largest absolute Gasteiger partial charge is 0.466 e. The van der Waals surface area contributed by atoms with Crippen molar-refractivity contribution in [1.29, 1.82) is 0 Å². The van der Waals surface area contributed by atoms with E-state index in [9.17, 15) is 4.79 Å². The molecule has 0 amide bonds. The number of carbonyl (C=O) groups is 1. The SMILES string of the molecule is COC(=O)C1(Cl)OC1(C)C1CCCC1. The van der Waals surface area contributed by atoms with Gasteiger partial charge in [-0.1, -0.05) is 24.4 Å². The van der Waals surface area contributed by atoms with Gasteiger partial charge in [0.15, 0.2) is 0 Å². The van der Waals surface area contributed by atoms with Crippen molar-refractivity contribution in [2.45, 2.75) is 43.3 Å². The summed E-state index contributed by atoms with van der Waals surface area (Å²) in [6.45, 7) is 1.91. The highest BCUT2D eigenvalue weighted by molar-refractivity contribution is 6.35. The van der Waals surface area contributed by atoms with Crippen molar-refractivity contribution in [2.24, 2.45) is 5.92 Å². The molecule has 2 aliphatic rings. The molecule has 0 aromatic heterocycles. The van der Waals surface area contributed by atoms with Crippen molar-refractivity contribution in [1.82, 2.24) is 0 Å². The number of epoxide rings is 1. The summed E-state index contributed by atoms with van der Waals surface area (Å²) in [5.41, 5.74) is -0.502. The van der Waals surface area contributed by atoms with Crippen LogP contribution in [0.25, 0.3) is 0 Å². The van der Waals surface area contributed by atoms with E-state index in [-0.39, 0.29) is 0 Å². The maximum Gasteiger partial charge on any atom is 0.357 e. The topological polar surface area (TPSA) is 38.8 Å². The number of ether oxygens (including phenoxy) is 2. The number of rotatable bonds is 2. The first-order valence-corrected chi connectivity index (χ1v) is 5.40. The smallest absolute Gasteiger partial charge is 0.357 e. The third kappa shape index (κ3) is 1.18. The van der Waals surface area contributed by atoms with Gasteiger partial charge >= 0.3 is 5.97 Å². The maximum absolute atomic E-state index is 11.4. The van der Waals surface area contributed by atoms with Crippen molar-refractivity contribution < 1.29 is 14.3 Å². The summed E-state index contributed by atoms with van der Waals surface area (Å²) in [4.78, 5) is 11.4. The molecule has 0 radical (unpaired) electrons. The Morgan fingerprint density at radius 2 is 2.07 bits per heavy atom. The number of methoxy groups -OCH3 is 1. The van der Waals surface area contributed by atoms with E-state index in [0.29, 0.717) is 5.92 Å². The molecule has 1 saturated carbocycles. The van der Waals surface area contributed by atoms with E-state index in [0.717, 1.165) is 12.8 Å². The van der Waals surface area contributed by atoms with E-state index in [2.05, 4.69) is 4.74 Å². The zero-order chi connectivity index (χ0) is 10.4. The number of hydrogen-bond donors (Lipinski definition) is 0. The first-order valence-electron chi connectivity index (χ1n) is 5.02. The molecule has 1 saturated heterocycles. The van der Waals surface area contributed by atoms with Crippen LogP contribution in [0.4, 0.5) is 0 Å². The maximum atomic E-state index is 11.4. The average molecular weight is 219 g/mol. The van der Waals surface area contributed by atoms with Crippen LogP contribution in [-0.4, -0.2) is 23.7 Å². The van der Waals surface area contributed by atoms with Gasteiger partial charge in [-0.05, 0) is 25.7 Å². The first-order chi connectivity index (χ1) is 6.54. The molecule has 3 nitrogen and oxygen atoms in total.